The Hall–Kier alpha value is -5.84. The highest BCUT2D eigenvalue weighted by Crippen LogP contribution is 2.57. The summed E-state index contributed by atoms with van der Waals surface area (Å²) in [4.78, 5) is 2.46. The van der Waals surface area contributed by atoms with Gasteiger partial charge >= 0.3 is 0 Å². The normalized spacial score (nSPS) is 15.1. The summed E-state index contributed by atoms with van der Waals surface area (Å²) in [6.07, 6.45) is 0. The lowest BCUT2D eigenvalue weighted by Gasteiger charge is -2.43. The first-order valence-electron chi connectivity index (χ1n) is 16.9. The molecular formula is C45H30NO2Si. The maximum atomic E-state index is 6.76. The molecule has 0 saturated carbocycles. The first-order chi connectivity index (χ1) is 24.1. The van der Waals surface area contributed by atoms with E-state index >= 15 is 0 Å². The molecule has 49 heavy (non-hydrogen) atoms. The molecule has 3 aliphatic heterocycles. The van der Waals surface area contributed by atoms with Gasteiger partial charge in [0.1, 0.15) is 23.0 Å². The smallest absolute Gasteiger partial charge is 0.179 e. The molecule has 0 atom stereocenters. The van der Waals surface area contributed by atoms with E-state index in [1.165, 1.54) is 60.3 Å². The predicted molar refractivity (Wildman–Crippen MR) is 199 cm³/mol. The molecule has 1 aliphatic carbocycles. The Bertz CT molecular complexity index is 2420. The zero-order valence-corrected chi connectivity index (χ0v) is 28.1. The molecule has 11 rings (SSSR count). The van der Waals surface area contributed by atoms with Crippen LogP contribution in [-0.4, -0.2) is 8.80 Å². The van der Waals surface area contributed by atoms with E-state index in [1.54, 1.807) is 0 Å². The Kier molecular flexibility index (Phi) is 5.33. The largest absolute Gasteiger partial charge is 0.457 e. The SMILES string of the molecule is Cc1ccc2c3c1Oc1cccc4c1[Si]3c1c(ccc(C)c1O4)N2c1ccc2c(c1)-c1ccccc1C2(c1ccccc1)c1ccccc1. The van der Waals surface area contributed by atoms with Crippen LogP contribution in [0.2, 0.25) is 0 Å². The molecule has 4 aliphatic rings. The van der Waals surface area contributed by atoms with Crippen molar-refractivity contribution in [1.29, 1.82) is 0 Å². The molecule has 4 heteroatoms. The van der Waals surface area contributed by atoms with E-state index in [0.29, 0.717) is 0 Å². The van der Waals surface area contributed by atoms with Gasteiger partial charge < -0.3 is 14.4 Å². The van der Waals surface area contributed by atoms with Crippen LogP contribution in [0.5, 0.6) is 23.0 Å². The average Bonchev–Trinajstić information content (AvgIpc) is 3.45. The summed E-state index contributed by atoms with van der Waals surface area (Å²) in [7, 11) is -1.39. The lowest BCUT2D eigenvalue weighted by molar-refractivity contribution is 0.460. The summed E-state index contributed by atoms with van der Waals surface area (Å²) < 4.78 is 13.5. The van der Waals surface area contributed by atoms with E-state index in [0.717, 1.165) is 39.8 Å². The van der Waals surface area contributed by atoms with Gasteiger partial charge in [0.15, 0.2) is 8.80 Å². The van der Waals surface area contributed by atoms with Gasteiger partial charge in [0.25, 0.3) is 0 Å². The van der Waals surface area contributed by atoms with Crippen LogP contribution in [-0.2, 0) is 5.41 Å². The van der Waals surface area contributed by atoms with Crippen LogP contribution in [0.4, 0.5) is 17.1 Å². The number of nitrogens with zero attached hydrogens (tertiary/aromatic N) is 1. The molecule has 0 fully saturated rings. The second kappa shape index (κ2) is 9.62. The Morgan fingerprint density at radius 2 is 1.04 bits per heavy atom. The second-order valence-corrected chi connectivity index (χ2v) is 15.8. The van der Waals surface area contributed by atoms with Crippen molar-refractivity contribution in [2.75, 3.05) is 4.90 Å². The highest BCUT2D eigenvalue weighted by Gasteiger charge is 2.49. The summed E-state index contributed by atoms with van der Waals surface area (Å²) in [6.45, 7) is 4.34. The number of fused-ring (bicyclic) bond motifs is 3. The molecule has 0 aromatic heterocycles. The van der Waals surface area contributed by atoms with E-state index in [2.05, 4.69) is 158 Å². The van der Waals surface area contributed by atoms with Crippen LogP contribution in [0.15, 0.2) is 146 Å². The number of ether oxygens (including phenoxy) is 2. The van der Waals surface area contributed by atoms with Crippen LogP contribution >= 0.6 is 0 Å². The molecule has 0 saturated heterocycles. The molecule has 0 N–H and O–H groups in total. The van der Waals surface area contributed by atoms with Crippen molar-refractivity contribution in [3.8, 4) is 34.1 Å². The van der Waals surface area contributed by atoms with Gasteiger partial charge in [0.05, 0.1) is 5.41 Å². The van der Waals surface area contributed by atoms with Crippen LogP contribution in [0.25, 0.3) is 11.1 Å². The van der Waals surface area contributed by atoms with Gasteiger partial charge in [-0.15, -0.1) is 0 Å². The maximum absolute atomic E-state index is 6.76. The first kappa shape index (κ1) is 27.1. The summed E-state index contributed by atoms with van der Waals surface area (Å²) in [5.74, 6) is 3.86. The van der Waals surface area contributed by atoms with Crippen molar-refractivity contribution in [3.63, 3.8) is 0 Å². The first-order valence-corrected chi connectivity index (χ1v) is 18.4. The quantitative estimate of drug-likeness (QED) is 0.179. The van der Waals surface area contributed by atoms with Crippen molar-refractivity contribution < 1.29 is 9.47 Å². The van der Waals surface area contributed by atoms with Gasteiger partial charge in [-0.3, -0.25) is 0 Å². The summed E-state index contributed by atoms with van der Waals surface area (Å²) in [5.41, 5.74) is 13.1. The Morgan fingerprint density at radius 3 is 1.65 bits per heavy atom. The van der Waals surface area contributed by atoms with Crippen LogP contribution in [0.1, 0.15) is 33.4 Å². The number of hydrogen-bond acceptors (Lipinski definition) is 3. The molecule has 7 aromatic carbocycles. The van der Waals surface area contributed by atoms with E-state index in [1.807, 2.05) is 6.07 Å². The van der Waals surface area contributed by atoms with Crippen molar-refractivity contribution in [2.24, 2.45) is 0 Å². The van der Waals surface area contributed by atoms with E-state index < -0.39 is 14.2 Å². The third kappa shape index (κ3) is 3.36. The van der Waals surface area contributed by atoms with Gasteiger partial charge in [-0.25, -0.2) is 0 Å². The van der Waals surface area contributed by atoms with Gasteiger partial charge in [-0.05, 0) is 94.8 Å². The Morgan fingerprint density at radius 1 is 0.490 bits per heavy atom. The predicted octanol–water partition coefficient (Wildman–Crippen LogP) is 9.18. The molecule has 0 spiro atoms. The zero-order valence-electron chi connectivity index (χ0n) is 27.1. The third-order valence-corrected chi connectivity index (χ3v) is 14.0. The van der Waals surface area contributed by atoms with Gasteiger partial charge in [-0.1, -0.05) is 109 Å². The zero-order chi connectivity index (χ0) is 32.4. The molecule has 0 amide bonds. The van der Waals surface area contributed by atoms with Crippen molar-refractivity contribution >= 4 is 41.4 Å². The molecule has 3 nitrogen and oxygen atoms in total. The summed E-state index contributed by atoms with van der Waals surface area (Å²) in [5, 5.41) is 3.86. The standard InChI is InChI=1S/C45H30NO2Si/c1-27-20-24-36-42-40(27)47-38-18-11-19-39-44(38)49(42)43-37(25-21-28(2)41(43)48-39)46(36)31-22-23-35-33(26-31)32-16-9-10-17-34(32)45(35,29-12-5-3-6-13-29)30-14-7-4-8-15-30/h3-26H,1-2H3. The monoisotopic (exact) mass is 644 g/mol. The van der Waals surface area contributed by atoms with Crippen LogP contribution in [0.3, 0.4) is 0 Å². The third-order valence-electron chi connectivity index (χ3n) is 11.0. The van der Waals surface area contributed by atoms with Crippen LogP contribution < -0.4 is 29.9 Å². The van der Waals surface area contributed by atoms with Crippen molar-refractivity contribution in [2.45, 2.75) is 19.3 Å². The lowest BCUT2D eigenvalue weighted by atomic mass is 9.68. The highest BCUT2D eigenvalue weighted by molar-refractivity contribution is 7.00. The number of benzene rings is 7. The highest BCUT2D eigenvalue weighted by atomic mass is 28.3. The second-order valence-electron chi connectivity index (χ2n) is 13.5. The minimum atomic E-state index is -1.39. The van der Waals surface area contributed by atoms with Crippen molar-refractivity contribution in [1.82, 2.24) is 0 Å². The minimum absolute atomic E-state index is 0.432. The van der Waals surface area contributed by atoms with Gasteiger partial charge in [-0.2, -0.15) is 0 Å². The lowest BCUT2D eigenvalue weighted by Crippen LogP contribution is -2.61. The van der Waals surface area contributed by atoms with E-state index in [9.17, 15) is 0 Å². The molecular weight excluding hydrogens is 615 g/mol. The molecule has 0 bridgehead atoms. The number of aryl methyl sites for hydroxylation is 2. The number of hydrogen-bond donors (Lipinski definition) is 0. The Balaban J connectivity index is 1.20. The van der Waals surface area contributed by atoms with E-state index in [-0.39, 0.29) is 0 Å². The Labute approximate surface area is 287 Å². The molecule has 7 aromatic rings. The number of rotatable bonds is 3. The van der Waals surface area contributed by atoms with E-state index in [4.69, 9.17) is 9.47 Å². The topological polar surface area (TPSA) is 21.7 Å². The van der Waals surface area contributed by atoms with Crippen molar-refractivity contribution in [3.05, 3.63) is 179 Å². The molecule has 0 unspecified atom stereocenters. The fraction of sp³-hybridized carbons (Fsp3) is 0.0667. The fourth-order valence-electron chi connectivity index (χ4n) is 8.98. The maximum Gasteiger partial charge on any atom is 0.179 e. The molecule has 1 radical (unpaired) electrons. The summed E-state index contributed by atoms with van der Waals surface area (Å²) in [6, 6.07) is 53.4. The van der Waals surface area contributed by atoms with Gasteiger partial charge in [0, 0.05) is 32.6 Å². The van der Waals surface area contributed by atoms with Gasteiger partial charge in [0.2, 0.25) is 0 Å². The molecule has 231 valence electrons. The minimum Gasteiger partial charge on any atom is -0.457 e. The number of anilines is 3. The fourth-order valence-corrected chi connectivity index (χ4v) is 12.3. The molecule has 3 heterocycles. The summed E-state index contributed by atoms with van der Waals surface area (Å²) >= 11 is 0. The van der Waals surface area contributed by atoms with Crippen LogP contribution in [0, 0.1) is 13.8 Å². The average molecular weight is 645 g/mol.